The number of hydrogen-bond donors (Lipinski definition) is 0. The standard InChI is InChI=1S/C12H21F/c1-6-7-8-10(2)11(13)9-12(3,4)5/h1,10-11H,7-9H2,2-5H3. The summed E-state index contributed by atoms with van der Waals surface area (Å²) in [5.74, 6) is 2.64. The van der Waals surface area contributed by atoms with Crippen LogP contribution in [0.4, 0.5) is 4.39 Å². The number of hydrogen-bond acceptors (Lipinski definition) is 0. The summed E-state index contributed by atoms with van der Waals surface area (Å²) in [6.07, 6.45) is 6.53. The molecule has 0 fully saturated rings. The Balaban J connectivity index is 3.83. The topological polar surface area (TPSA) is 0 Å². The highest BCUT2D eigenvalue weighted by molar-refractivity contribution is 4.85. The summed E-state index contributed by atoms with van der Waals surface area (Å²) >= 11 is 0. The average molecular weight is 184 g/mol. The summed E-state index contributed by atoms with van der Waals surface area (Å²) in [7, 11) is 0. The van der Waals surface area contributed by atoms with E-state index < -0.39 is 6.17 Å². The fourth-order valence-corrected chi connectivity index (χ4v) is 1.28. The number of alkyl halides is 1. The van der Waals surface area contributed by atoms with Crippen LogP contribution >= 0.6 is 0 Å². The Kier molecular flexibility index (Phi) is 5.06. The van der Waals surface area contributed by atoms with E-state index in [1.165, 1.54) is 0 Å². The lowest BCUT2D eigenvalue weighted by Crippen LogP contribution is -2.20. The fourth-order valence-electron chi connectivity index (χ4n) is 1.28. The van der Waals surface area contributed by atoms with Crippen molar-refractivity contribution < 1.29 is 4.39 Å². The van der Waals surface area contributed by atoms with E-state index in [0.29, 0.717) is 12.8 Å². The summed E-state index contributed by atoms with van der Waals surface area (Å²) < 4.78 is 13.5. The van der Waals surface area contributed by atoms with Crippen molar-refractivity contribution in [3.8, 4) is 12.3 Å². The molecule has 0 N–H and O–H groups in total. The molecule has 0 rings (SSSR count). The first-order valence-corrected chi connectivity index (χ1v) is 4.94. The molecule has 0 aromatic rings. The van der Waals surface area contributed by atoms with Crippen LogP contribution in [0.25, 0.3) is 0 Å². The van der Waals surface area contributed by atoms with Crippen LogP contribution in [0, 0.1) is 23.7 Å². The minimum absolute atomic E-state index is 0.0732. The molecule has 0 nitrogen and oxygen atoms in total. The SMILES string of the molecule is C#CCCC(C)C(F)CC(C)(C)C. The van der Waals surface area contributed by atoms with Gasteiger partial charge in [-0.1, -0.05) is 27.7 Å². The van der Waals surface area contributed by atoms with Gasteiger partial charge in [0.25, 0.3) is 0 Å². The molecular formula is C12H21F. The molecule has 0 heterocycles. The van der Waals surface area contributed by atoms with E-state index in [1.54, 1.807) is 0 Å². The van der Waals surface area contributed by atoms with Gasteiger partial charge in [-0.05, 0) is 24.2 Å². The van der Waals surface area contributed by atoms with Gasteiger partial charge in [0.05, 0.1) is 0 Å². The second kappa shape index (κ2) is 5.27. The van der Waals surface area contributed by atoms with Crippen molar-refractivity contribution in [1.82, 2.24) is 0 Å². The Morgan fingerprint density at radius 3 is 2.31 bits per heavy atom. The van der Waals surface area contributed by atoms with Crippen molar-refractivity contribution in [3.63, 3.8) is 0 Å². The Hall–Kier alpha value is -0.510. The third-order valence-electron chi connectivity index (χ3n) is 2.17. The molecule has 2 unspecified atom stereocenters. The highest BCUT2D eigenvalue weighted by atomic mass is 19.1. The molecule has 0 aliphatic carbocycles. The van der Waals surface area contributed by atoms with Crippen LogP contribution in [-0.2, 0) is 0 Å². The molecule has 0 saturated carbocycles. The van der Waals surface area contributed by atoms with Gasteiger partial charge in [0.1, 0.15) is 6.17 Å². The molecule has 0 spiro atoms. The smallest absolute Gasteiger partial charge is 0.103 e. The maximum absolute atomic E-state index is 13.5. The predicted molar refractivity (Wildman–Crippen MR) is 56.2 cm³/mol. The van der Waals surface area contributed by atoms with Crippen molar-refractivity contribution >= 4 is 0 Å². The minimum Gasteiger partial charge on any atom is -0.247 e. The second-order valence-corrected chi connectivity index (χ2v) is 5.00. The zero-order valence-electron chi connectivity index (χ0n) is 9.23. The summed E-state index contributed by atoms with van der Waals surface area (Å²) in [5, 5.41) is 0. The van der Waals surface area contributed by atoms with Crippen LogP contribution in [0.2, 0.25) is 0 Å². The molecule has 2 atom stereocenters. The van der Waals surface area contributed by atoms with Crippen LogP contribution in [-0.4, -0.2) is 6.17 Å². The van der Waals surface area contributed by atoms with E-state index in [2.05, 4.69) is 26.7 Å². The van der Waals surface area contributed by atoms with Gasteiger partial charge in [-0.3, -0.25) is 0 Å². The van der Waals surface area contributed by atoms with Gasteiger partial charge in [-0.15, -0.1) is 12.3 Å². The molecule has 0 saturated heterocycles. The number of terminal acetylenes is 1. The van der Waals surface area contributed by atoms with Gasteiger partial charge in [-0.25, -0.2) is 4.39 Å². The van der Waals surface area contributed by atoms with Crippen LogP contribution in [0.1, 0.15) is 47.0 Å². The molecule has 0 radical (unpaired) electrons. The zero-order valence-corrected chi connectivity index (χ0v) is 9.23. The molecule has 13 heavy (non-hydrogen) atoms. The van der Waals surface area contributed by atoms with E-state index in [1.807, 2.05) is 6.92 Å². The van der Waals surface area contributed by atoms with Gasteiger partial charge in [-0.2, -0.15) is 0 Å². The van der Waals surface area contributed by atoms with Gasteiger partial charge in [0.2, 0.25) is 0 Å². The highest BCUT2D eigenvalue weighted by Crippen LogP contribution is 2.27. The van der Waals surface area contributed by atoms with Crippen LogP contribution in [0.15, 0.2) is 0 Å². The molecule has 0 aromatic heterocycles. The Morgan fingerprint density at radius 2 is 1.92 bits per heavy atom. The zero-order chi connectivity index (χ0) is 10.5. The summed E-state index contributed by atoms with van der Waals surface area (Å²) in [6, 6.07) is 0. The van der Waals surface area contributed by atoms with Crippen LogP contribution in [0.5, 0.6) is 0 Å². The molecule has 0 aliphatic heterocycles. The minimum atomic E-state index is -0.714. The maximum Gasteiger partial charge on any atom is 0.103 e. The maximum atomic E-state index is 13.5. The summed E-state index contributed by atoms with van der Waals surface area (Å²) in [5.41, 5.74) is 0.0732. The average Bonchev–Trinajstić information content (AvgIpc) is 1.96. The fraction of sp³-hybridized carbons (Fsp3) is 0.833. The normalized spacial score (nSPS) is 16.3. The van der Waals surface area contributed by atoms with Gasteiger partial charge in [0.15, 0.2) is 0 Å². The van der Waals surface area contributed by atoms with E-state index >= 15 is 0 Å². The largest absolute Gasteiger partial charge is 0.247 e. The number of halogens is 1. The van der Waals surface area contributed by atoms with Gasteiger partial charge < -0.3 is 0 Å². The first kappa shape index (κ1) is 12.5. The highest BCUT2D eigenvalue weighted by Gasteiger charge is 2.22. The van der Waals surface area contributed by atoms with Crippen molar-refractivity contribution in [2.75, 3.05) is 0 Å². The van der Waals surface area contributed by atoms with Crippen LogP contribution < -0.4 is 0 Å². The van der Waals surface area contributed by atoms with Crippen molar-refractivity contribution in [2.24, 2.45) is 11.3 Å². The lowest BCUT2D eigenvalue weighted by molar-refractivity contribution is 0.162. The van der Waals surface area contributed by atoms with E-state index in [9.17, 15) is 4.39 Å². The van der Waals surface area contributed by atoms with Crippen molar-refractivity contribution in [2.45, 2.75) is 53.1 Å². The first-order chi connectivity index (χ1) is 5.87. The van der Waals surface area contributed by atoms with Gasteiger partial charge >= 0.3 is 0 Å². The third-order valence-corrected chi connectivity index (χ3v) is 2.17. The Labute approximate surface area is 81.9 Å². The van der Waals surface area contributed by atoms with Crippen molar-refractivity contribution in [3.05, 3.63) is 0 Å². The molecular weight excluding hydrogens is 163 g/mol. The molecule has 76 valence electrons. The lowest BCUT2D eigenvalue weighted by Gasteiger charge is -2.24. The second-order valence-electron chi connectivity index (χ2n) is 5.00. The molecule has 0 amide bonds. The van der Waals surface area contributed by atoms with Gasteiger partial charge in [0, 0.05) is 6.42 Å². The molecule has 0 aromatic carbocycles. The lowest BCUT2D eigenvalue weighted by atomic mass is 9.84. The van der Waals surface area contributed by atoms with E-state index in [4.69, 9.17) is 6.42 Å². The van der Waals surface area contributed by atoms with E-state index in [0.717, 1.165) is 6.42 Å². The Morgan fingerprint density at radius 1 is 1.38 bits per heavy atom. The van der Waals surface area contributed by atoms with Crippen LogP contribution in [0.3, 0.4) is 0 Å². The van der Waals surface area contributed by atoms with E-state index in [-0.39, 0.29) is 11.3 Å². The Bertz CT molecular complexity index is 171. The first-order valence-electron chi connectivity index (χ1n) is 4.94. The summed E-state index contributed by atoms with van der Waals surface area (Å²) in [4.78, 5) is 0. The predicted octanol–water partition coefficient (Wildman–Crippen LogP) is 3.81. The molecule has 0 aliphatic rings. The summed E-state index contributed by atoms with van der Waals surface area (Å²) in [6.45, 7) is 8.13. The molecule has 0 bridgehead atoms. The molecule has 1 heteroatoms. The monoisotopic (exact) mass is 184 g/mol. The number of rotatable bonds is 4. The quantitative estimate of drug-likeness (QED) is 0.583. The third kappa shape index (κ3) is 6.63. The van der Waals surface area contributed by atoms with Crippen molar-refractivity contribution in [1.29, 1.82) is 0 Å².